The van der Waals surface area contributed by atoms with E-state index in [0.717, 1.165) is 6.42 Å². The number of aryl methyl sites for hydroxylation is 3. The molecule has 0 aliphatic carbocycles. The lowest BCUT2D eigenvalue weighted by Gasteiger charge is -2.35. The Morgan fingerprint density at radius 3 is 1.28 bits per heavy atom. The number of nitrogens with zero attached hydrogens (tertiary/aromatic N) is 1. The third kappa shape index (κ3) is 7.92. The summed E-state index contributed by atoms with van der Waals surface area (Å²) in [7, 11) is 0. The van der Waals surface area contributed by atoms with Crippen molar-refractivity contribution in [1.82, 2.24) is 0 Å². The molecule has 0 bridgehead atoms. The summed E-state index contributed by atoms with van der Waals surface area (Å²) < 4.78 is 1.20. The Bertz CT molecular complexity index is 560. The smallest absolute Gasteiger partial charge is 0.104 e. The average molecular weight is 341 g/mol. The van der Waals surface area contributed by atoms with E-state index >= 15 is 0 Å². The highest BCUT2D eigenvalue weighted by Crippen LogP contribution is 2.14. The second-order valence-electron chi connectivity index (χ2n) is 6.77. The van der Waals surface area contributed by atoms with Crippen LogP contribution in [0.5, 0.6) is 0 Å². The Hall–Kier alpha value is -1.54. The highest BCUT2D eigenvalue weighted by atomic mass is 15.3. The van der Waals surface area contributed by atoms with Crippen molar-refractivity contribution in [2.75, 3.05) is 19.6 Å². The molecule has 0 unspecified atom stereocenters. The molecule has 0 saturated heterocycles. The molecule has 0 heterocycles. The van der Waals surface area contributed by atoms with Gasteiger partial charge in [0.05, 0.1) is 19.6 Å². The summed E-state index contributed by atoms with van der Waals surface area (Å²) in [5.41, 5.74) is 5.57. The largest absolute Gasteiger partial charge is 0.321 e. The zero-order valence-corrected chi connectivity index (χ0v) is 16.6. The minimum atomic E-state index is 0. The van der Waals surface area contributed by atoms with Crippen LogP contribution < -0.4 is 0 Å². The Kier molecular flexibility index (Phi) is 11.2. The van der Waals surface area contributed by atoms with E-state index in [1.54, 1.807) is 0 Å². The van der Waals surface area contributed by atoms with Crippen LogP contribution in [0.3, 0.4) is 0 Å². The first kappa shape index (κ1) is 23.5. The third-order valence-electron chi connectivity index (χ3n) is 5.18. The fourth-order valence-corrected chi connectivity index (χ4v) is 2.91. The highest BCUT2D eigenvalue weighted by Gasteiger charge is 2.20. The lowest BCUT2D eigenvalue weighted by Crippen LogP contribution is -2.46. The van der Waals surface area contributed by atoms with Gasteiger partial charge in [-0.05, 0) is 46.6 Å². The molecule has 140 valence electrons. The van der Waals surface area contributed by atoms with Gasteiger partial charge in [-0.25, -0.2) is 0 Å². The quantitative estimate of drug-likeness (QED) is 0.537. The molecule has 0 atom stereocenters. The van der Waals surface area contributed by atoms with Crippen molar-refractivity contribution in [2.45, 2.75) is 54.5 Å². The second-order valence-corrected chi connectivity index (χ2v) is 6.77. The fourth-order valence-electron chi connectivity index (χ4n) is 2.91. The fraction of sp³-hybridized carbons (Fsp3) is 0.478. The molecule has 0 amide bonds. The van der Waals surface area contributed by atoms with Gasteiger partial charge in [0.1, 0.15) is 6.54 Å². The molecule has 2 aromatic rings. The molecule has 0 spiro atoms. The summed E-state index contributed by atoms with van der Waals surface area (Å²) in [4.78, 5) is 0. The van der Waals surface area contributed by atoms with Crippen LogP contribution in [0.2, 0.25) is 0 Å². The van der Waals surface area contributed by atoms with E-state index in [1.807, 2.05) is 0 Å². The molecule has 0 saturated carbocycles. The van der Waals surface area contributed by atoms with Crippen molar-refractivity contribution >= 4 is 8.41 Å². The van der Waals surface area contributed by atoms with E-state index in [4.69, 9.17) is 0 Å². The summed E-state index contributed by atoms with van der Waals surface area (Å²) in [6, 6.07) is 17.6. The Labute approximate surface area is 158 Å². The monoisotopic (exact) mass is 341 g/mol. The number of rotatable bonds is 6. The average Bonchev–Trinajstić information content (AvgIpc) is 2.63. The van der Waals surface area contributed by atoms with Gasteiger partial charge in [0.15, 0.2) is 0 Å². The molecule has 0 aliphatic heterocycles. The van der Waals surface area contributed by atoms with E-state index in [-0.39, 0.29) is 8.41 Å². The van der Waals surface area contributed by atoms with Gasteiger partial charge in [-0.15, -0.1) is 0 Å². The summed E-state index contributed by atoms with van der Waals surface area (Å²) in [5.74, 6) is 0. The predicted molar refractivity (Wildman–Crippen MR) is 119 cm³/mol. The zero-order chi connectivity index (χ0) is 18.0. The van der Waals surface area contributed by atoms with E-state index in [9.17, 15) is 0 Å². The summed E-state index contributed by atoms with van der Waals surface area (Å²) >= 11 is 0. The molecule has 2 aromatic carbocycles. The van der Waals surface area contributed by atoms with E-state index in [0.29, 0.717) is 0 Å². The van der Waals surface area contributed by atoms with Gasteiger partial charge in [-0.3, -0.25) is 0 Å². The molecule has 0 radical (unpaired) electrons. The lowest BCUT2D eigenvalue weighted by molar-refractivity contribution is -0.936. The van der Waals surface area contributed by atoms with Crippen molar-refractivity contribution in [3.05, 3.63) is 70.8 Å². The number of benzene rings is 2. The lowest BCUT2D eigenvalue weighted by atomic mass is 10.1. The third-order valence-corrected chi connectivity index (χ3v) is 5.18. The van der Waals surface area contributed by atoms with Gasteiger partial charge in [-0.1, -0.05) is 75.0 Å². The highest BCUT2D eigenvalue weighted by molar-refractivity contribution is 5.75. The molecule has 0 N–H and O–H groups in total. The maximum atomic E-state index is 2.29. The first-order valence-electron chi connectivity index (χ1n) is 9.44. The zero-order valence-electron chi connectivity index (χ0n) is 16.6. The predicted octanol–water partition coefficient (Wildman–Crippen LogP) is 4.48. The minimum absolute atomic E-state index is 0. The maximum Gasteiger partial charge on any atom is 0.104 e. The topological polar surface area (TPSA) is 0 Å². The van der Waals surface area contributed by atoms with Crippen LogP contribution >= 0.6 is 0 Å². The van der Waals surface area contributed by atoms with Crippen molar-refractivity contribution in [3.8, 4) is 0 Å². The maximum absolute atomic E-state index is 2.29. The second kappa shape index (κ2) is 11.9. The van der Waals surface area contributed by atoms with Crippen LogP contribution in [-0.4, -0.2) is 32.5 Å². The van der Waals surface area contributed by atoms with Crippen LogP contribution in [0.4, 0.5) is 0 Å². The van der Waals surface area contributed by atoms with E-state index in [1.165, 1.54) is 52.9 Å². The van der Waals surface area contributed by atoms with Crippen molar-refractivity contribution in [1.29, 1.82) is 0 Å². The van der Waals surface area contributed by atoms with E-state index in [2.05, 4.69) is 90.1 Å². The Balaban J connectivity index is 0.000000495. The summed E-state index contributed by atoms with van der Waals surface area (Å²) in [6.45, 7) is 18.1. The molecule has 2 rings (SSSR count). The van der Waals surface area contributed by atoms with Gasteiger partial charge < -0.3 is 4.48 Å². The molecular formula is C23H40BN. The summed E-state index contributed by atoms with van der Waals surface area (Å²) in [6.07, 6.45) is 1.14. The standard InChI is InChI=1S/C14H24N.C9H12.BH4/c1-5-15(6-2,7-3)12-14-10-8-13(4)9-11-14;1-3-9-6-4-8(2)5-7-9;/h8-11H,5-7,12H2,1-4H3;4-7H,3H2,1-2H3;1H4/q+1;;-1. The number of quaternary nitrogens is 1. The normalized spacial score (nSPS) is 10.5. The SMILES string of the molecule is CC[N+](CC)(CC)Cc1ccc(C)cc1.CCc1ccc(C)cc1.[BH4-]. The molecule has 0 aromatic heterocycles. The van der Waals surface area contributed by atoms with Crippen LogP contribution in [0.25, 0.3) is 0 Å². The summed E-state index contributed by atoms with van der Waals surface area (Å²) in [5, 5.41) is 0. The van der Waals surface area contributed by atoms with Gasteiger partial charge in [-0.2, -0.15) is 0 Å². The van der Waals surface area contributed by atoms with Gasteiger partial charge in [0, 0.05) is 5.56 Å². The van der Waals surface area contributed by atoms with Gasteiger partial charge in [0.2, 0.25) is 0 Å². The van der Waals surface area contributed by atoms with E-state index < -0.39 is 0 Å². The van der Waals surface area contributed by atoms with Gasteiger partial charge >= 0.3 is 0 Å². The van der Waals surface area contributed by atoms with Crippen molar-refractivity contribution in [3.63, 3.8) is 0 Å². The molecule has 2 heteroatoms. The van der Waals surface area contributed by atoms with Crippen LogP contribution in [0.1, 0.15) is 49.9 Å². The number of hydrogen-bond donors (Lipinski definition) is 0. The van der Waals surface area contributed by atoms with Crippen LogP contribution in [0.15, 0.2) is 48.5 Å². The Morgan fingerprint density at radius 2 is 0.960 bits per heavy atom. The van der Waals surface area contributed by atoms with Crippen molar-refractivity contribution < 1.29 is 4.48 Å². The first-order chi connectivity index (χ1) is 11.5. The minimum Gasteiger partial charge on any atom is -0.321 e. The molecule has 25 heavy (non-hydrogen) atoms. The van der Waals surface area contributed by atoms with Crippen LogP contribution in [-0.2, 0) is 13.0 Å². The molecule has 0 aliphatic rings. The van der Waals surface area contributed by atoms with Crippen molar-refractivity contribution in [2.24, 2.45) is 0 Å². The van der Waals surface area contributed by atoms with Gasteiger partial charge in [0.25, 0.3) is 0 Å². The molecular weight excluding hydrogens is 301 g/mol. The Morgan fingerprint density at radius 1 is 0.600 bits per heavy atom. The number of hydrogen-bond acceptors (Lipinski definition) is 0. The molecule has 0 fully saturated rings. The first-order valence-corrected chi connectivity index (χ1v) is 9.44. The molecule has 1 nitrogen and oxygen atoms in total. The van der Waals surface area contributed by atoms with Crippen LogP contribution in [0, 0.1) is 13.8 Å².